The zero-order valence-electron chi connectivity index (χ0n) is 18.5. The van der Waals surface area contributed by atoms with Crippen molar-refractivity contribution in [3.05, 3.63) is 101 Å². The maximum absolute atomic E-state index is 14.4. The molecule has 0 aliphatic rings. The van der Waals surface area contributed by atoms with Gasteiger partial charge in [-0.25, -0.2) is 14.3 Å². The summed E-state index contributed by atoms with van der Waals surface area (Å²) in [7, 11) is 0. The lowest BCUT2D eigenvalue weighted by molar-refractivity contribution is 0.612. The van der Waals surface area contributed by atoms with Crippen LogP contribution in [0, 0.1) is 5.82 Å². The predicted octanol–water partition coefficient (Wildman–Crippen LogP) is 4.02. The third-order valence-electron chi connectivity index (χ3n) is 5.66. The minimum Gasteiger partial charge on any atom is -0.290 e. The number of tetrazole rings is 1. The first-order chi connectivity index (χ1) is 16.7. The van der Waals surface area contributed by atoms with Gasteiger partial charge >= 0.3 is 5.69 Å². The van der Waals surface area contributed by atoms with Gasteiger partial charge < -0.3 is 0 Å². The smallest absolute Gasteiger partial charge is 0.290 e. The SMILES string of the molecule is CCCc1cn(-c2ccccc2F)c(=O)n1Cc1ccc(-c2ccccc2-c2nnn[nH]2)cn1. The maximum atomic E-state index is 14.4. The fraction of sp³-hybridized carbons (Fsp3) is 0.160. The second kappa shape index (κ2) is 9.22. The number of pyridine rings is 1. The van der Waals surface area contributed by atoms with E-state index < -0.39 is 5.82 Å². The molecule has 170 valence electrons. The third kappa shape index (κ3) is 4.03. The van der Waals surface area contributed by atoms with Gasteiger partial charge in [0.2, 0.25) is 0 Å². The minimum atomic E-state index is -0.437. The Morgan fingerprint density at radius 3 is 2.50 bits per heavy atom. The van der Waals surface area contributed by atoms with Gasteiger partial charge in [-0.2, -0.15) is 0 Å². The average molecular weight is 455 g/mol. The number of aromatic amines is 1. The summed E-state index contributed by atoms with van der Waals surface area (Å²) < 4.78 is 17.4. The highest BCUT2D eigenvalue weighted by molar-refractivity contribution is 5.79. The fourth-order valence-corrected chi connectivity index (χ4v) is 4.03. The molecular weight excluding hydrogens is 433 g/mol. The molecule has 0 fully saturated rings. The van der Waals surface area contributed by atoms with Gasteiger partial charge in [0.25, 0.3) is 0 Å². The Bertz CT molecular complexity index is 1470. The van der Waals surface area contributed by atoms with Gasteiger partial charge in [-0.05, 0) is 40.6 Å². The number of aromatic nitrogens is 7. The quantitative estimate of drug-likeness (QED) is 0.400. The number of nitrogens with zero attached hydrogens (tertiary/aromatic N) is 6. The van der Waals surface area contributed by atoms with Crippen LogP contribution < -0.4 is 5.69 Å². The summed E-state index contributed by atoms with van der Waals surface area (Å²) in [6.45, 7) is 2.34. The minimum absolute atomic E-state index is 0.241. The summed E-state index contributed by atoms with van der Waals surface area (Å²) in [5, 5.41) is 14.1. The van der Waals surface area contributed by atoms with Crippen LogP contribution in [0.25, 0.3) is 28.2 Å². The Kier molecular flexibility index (Phi) is 5.82. The van der Waals surface area contributed by atoms with Gasteiger partial charge in [0.05, 0.1) is 17.9 Å². The first-order valence-electron chi connectivity index (χ1n) is 11.0. The third-order valence-corrected chi connectivity index (χ3v) is 5.66. The van der Waals surface area contributed by atoms with Crippen LogP contribution in [0.15, 0.2) is 77.9 Å². The Balaban J connectivity index is 1.48. The van der Waals surface area contributed by atoms with Gasteiger partial charge in [0.1, 0.15) is 5.82 Å². The highest BCUT2D eigenvalue weighted by Crippen LogP contribution is 2.29. The molecule has 0 saturated heterocycles. The zero-order valence-corrected chi connectivity index (χ0v) is 18.5. The van der Waals surface area contributed by atoms with Crippen LogP contribution in [-0.2, 0) is 13.0 Å². The molecule has 2 aromatic carbocycles. The second-order valence-corrected chi connectivity index (χ2v) is 7.89. The number of imidazole rings is 1. The highest BCUT2D eigenvalue weighted by atomic mass is 19.1. The molecule has 0 spiro atoms. The van der Waals surface area contributed by atoms with Crippen molar-refractivity contribution >= 4 is 0 Å². The summed E-state index contributed by atoms with van der Waals surface area (Å²) in [5.41, 5.74) is 4.23. The molecule has 1 N–H and O–H groups in total. The van der Waals surface area contributed by atoms with E-state index in [0.29, 0.717) is 18.8 Å². The van der Waals surface area contributed by atoms with Crippen molar-refractivity contribution < 1.29 is 4.39 Å². The first-order valence-corrected chi connectivity index (χ1v) is 11.0. The Labute approximate surface area is 194 Å². The van der Waals surface area contributed by atoms with Crippen molar-refractivity contribution in [2.45, 2.75) is 26.3 Å². The van der Waals surface area contributed by atoms with Crippen molar-refractivity contribution in [1.29, 1.82) is 0 Å². The van der Waals surface area contributed by atoms with Crippen LogP contribution in [0.5, 0.6) is 0 Å². The molecule has 0 aliphatic heterocycles. The number of hydrogen-bond donors (Lipinski definition) is 1. The van der Waals surface area contributed by atoms with E-state index in [2.05, 4.69) is 25.6 Å². The fourth-order valence-electron chi connectivity index (χ4n) is 4.03. The molecular formula is C25H22FN7O. The summed E-state index contributed by atoms with van der Waals surface area (Å²) in [4.78, 5) is 17.8. The lowest BCUT2D eigenvalue weighted by Gasteiger charge is -2.09. The van der Waals surface area contributed by atoms with E-state index in [1.54, 1.807) is 35.2 Å². The van der Waals surface area contributed by atoms with E-state index in [4.69, 9.17) is 0 Å². The Morgan fingerprint density at radius 1 is 1.00 bits per heavy atom. The van der Waals surface area contributed by atoms with E-state index in [1.165, 1.54) is 10.6 Å². The van der Waals surface area contributed by atoms with E-state index >= 15 is 0 Å². The molecule has 9 heteroatoms. The molecule has 0 bridgehead atoms. The molecule has 0 amide bonds. The Hall–Kier alpha value is -4.40. The van der Waals surface area contributed by atoms with E-state index in [0.717, 1.165) is 34.5 Å². The van der Waals surface area contributed by atoms with Crippen LogP contribution in [0.3, 0.4) is 0 Å². The van der Waals surface area contributed by atoms with Gasteiger partial charge in [-0.1, -0.05) is 55.8 Å². The molecule has 3 aromatic heterocycles. The average Bonchev–Trinajstić information content (AvgIpc) is 3.50. The van der Waals surface area contributed by atoms with Crippen LogP contribution >= 0.6 is 0 Å². The normalized spacial score (nSPS) is 11.1. The van der Waals surface area contributed by atoms with Crippen LogP contribution in [0.2, 0.25) is 0 Å². The maximum Gasteiger partial charge on any atom is 0.333 e. The number of halogens is 1. The molecule has 0 atom stereocenters. The standard InChI is InChI=1S/C25H22FN7O/c1-2-7-19-16-33(23-11-6-5-10-22(23)26)25(34)32(19)15-18-13-12-17(14-27-18)20-8-3-4-9-21(20)24-28-30-31-29-24/h3-6,8-14,16H,2,7,15H2,1H3,(H,28,29,30,31). The first kappa shape index (κ1) is 21.4. The molecule has 0 radical (unpaired) electrons. The molecule has 0 saturated carbocycles. The summed E-state index contributed by atoms with van der Waals surface area (Å²) in [6.07, 6.45) is 5.06. The highest BCUT2D eigenvalue weighted by Gasteiger charge is 2.16. The second-order valence-electron chi connectivity index (χ2n) is 7.89. The zero-order chi connectivity index (χ0) is 23.5. The largest absolute Gasteiger partial charge is 0.333 e. The number of para-hydroxylation sites is 1. The van der Waals surface area contributed by atoms with Crippen molar-refractivity contribution in [3.8, 4) is 28.2 Å². The summed E-state index contributed by atoms with van der Waals surface area (Å²) >= 11 is 0. The molecule has 34 heavy (non-hydrogen) atoms. The van der Waals surface area contributed by atoms with Crippen molar-refractivity contribution in [2.75, 3.05) is 0 Å². The molecule has 8 nitrogen and oxygen atoms in total. The number of benzene rings is 2. The van der Waals surface area contributed by atoms with Crippen LogP contribution in [0.1, 0.15) is 24.7 Å². The molecule has 0 aliphatic carbocycles. The van der Waals surface area contributed by atoms with E-state index in [-0.39, 0.29) is 11.4 Å². The van der Waals surface area contributed by atoms with Gasteiger partial charge in [0.15, 0.2) is 5.82 Å². The number of H-pyrrole nitrogens is 1. The number of aryl methyl sites for hydroxylation is 1. The molecule has 5 aromatic rings. The van der Waals surface area contributed by atoms with Gasteiger partial charge in [-0.15, -0.1) is 5.10 Å². The number of hydrogen-bond acceptors (Lipinski definition) is 5. The Morgan fingerprint density at radius 2 is 1.79 bits per heavy atom. The topological polar surface area (TPSA) is 94.3 Å². The lowest BCUT2D eigenvalue weighted by atomic mass is 10.0. The molecule has 0 unspecified atom stereocenters. The van der Waals surface area contributed by atoms with E-state index in [9.17, 15) is 9.18 Å². The number of nitrogens with one attached hydrogen (secondary N) is 1. The van der Waals surface area contributed by atoms with Crippen LogP contribution in [-0.4, -0.2) is 34.7 Å². The summed E-state index contributed by atoms with van der Waals surface area (Å²) in [6, 6.07) is 17.9. The monoisotopic (exact) mass is 455 g/mol. The van der Waals surface area contributed by atoms with Gasteiger partial charge in [0, 0.05) is 29.2 Å². The van der Waals surface area contributed by atoms with Gasteiger partial charge in [-0.3, -0.25) is 14.1 Å². The van der Waals surface area contributed by atoms with E-state index in [1.807, 2.05) is 43.3 Å². The molecule has 3 heterocycles. The molecule has 5 rings (SSSR count). The van der Waals surface area contributed by atoms with Crippen molar-refractivity contribution in [2.24, 2.45) is 0 Å². The van der Waals surface area contributed by atoms with Crippen molar-refractivity contribution in [3.63, 3.8) is 0 Å². The number of rotatable bonds is 7. The summed E-state index contributed by atoms with van der Waals surface area (Å²) in [5.74, 6) is 0.137. The van der Waals surface area contributed by atoms with Crippen molar-refractivity contribution in [1.82, 2.24) is 34.7 Å². The van der Waals surface area contributed by atoms with Crippen LogP contribution in [0.4, 0.5) is 4.39 Å². The predicted molar refractivity (Wildman–Crippen MR) is 126 cm³/mol. The lowest BCUT2D eigenvalue weighted by Crippen LogP contribution is -2.25.